The fraction of sp³-hybridized carbons (Fsp3) is 0.571. The van der Waals surface area contributed by atoms with Crippen LogP contribution in [0, 0.1) is 5.92 Å². The van der Waals surface area contributed by atoms with Gasteiger partial charge in [-0.25, -0.2) is 4.79 Å². The second-order valence-corrected chi connectivity index (χ2v) is 8.92. The van der Waals surface area contributed by atoms with Gasteiger partial charge in [-0.2, -0.15) is 0 Å². The van der Waals surface area contributed by atoms with Crippen LogP contribution in [0.4, 0.5) is 10.5 Å². The van der Waals surface area contributed by atoms with Crippen LogP contribution < -0.4 is 9.64 Å². The minimum Gasteiger partial charge on any atom is -0.495 e. The van der Waals surface area contributed by atoms with Gasteiger partial charge in [0.05, 0.1) is 18.1 Å². The zero-order chi connectivity index (χ0) is 22.1. The van der Waals surface area contributed by atoms with Crippen molar-refractivity contribution in [2.45, 2.75) is 32.8 Å². The molecule has 0 aliphatic carbocycles. The predicted octanol–water partition coefficient (Wildman–Crippen LogP) is 2.78. The molecule has 30 heavy (non-hydrogen) atoms. The van der Waals surface area contributed by atoms with E-state index in [4.69, 9.17) is 21.1 Å². The second-order valence-electron chi connectivity index (χ2n) is 8.52. The Hall–Kier alpha value is -2.48. The van der Waals surface area contributed by atoms with E-state index in [-0.39, 0.29) is 24.3 Å². The molecule has 1 aromatic rings. The van der Waals surface area contributed by atoms with E-state index in [0.29, 0.717) is 49.2 Å². The average molecular weight is 438 g/mol. The van der Waals surface area contributed by atoms with Crippen molar-refractivity contribution in [2.24, 2.45) is 5.92 Å². The first kappa shape index (κ1) is 22.2. The molecule has 2 aliphatic rings. The fourth-order valence-corrected chi connectivity index (χ4v) is 3.89. The van der Waals surface area contributed by atoms with Gasteiger partial charge in [0, 0.05) is 44.8 Å². The summed E-state index contributed by atoms with van der Waals surface area (Å²) in [4.78, 5) is 42.6. The number of piperazine rings is 1. The molecule has 2 heterocycles. The van der Waals surface area contributed by atoms with Gasteiger partial charge < -0.3 is 24.2 Å². The third-order valence-corrected chi connectivity index (χ3v) is 5.46. The van der Waals surface area contributed by atoms with E-state index in [0.717, 1.165) is 0 Å². The molecular formula is C21H28ClN3O5. The standard InChI is InChI=1S/C21H28ClN3O5/c1-21(2,3)30-20(28)24-9-7-23(8-10-24)19(27)14-11-18(26)25(13-14)15-5-6-17(29-4)16(22)12-15/h5-6,12,14H,7-11,13H2,1-4H3/t14-/m0/s1. The van der Waals surface area contributed by atoms with E-state index >= 15 is 0 Å². The Morgan fingerprint density at radius 1 is 1.10 bits per heavy atom. The van der Waals surface area contributed by atoms with Gasteiger partial charge >= 0.3 is 6.09 Å². The summed E-state index contributed by atoms with van der Waals surface area (Å²) >= 11 is 6.18. The van der Waals surface area contributed by atoms with Crippen molar-refractivity contribution >= 4 is 35.2 Å². The maximum atomic E-state index is 13.0. The van der Waals surface area contributed by atoms with Crippen molar-refractivity contribution in [1.29, 1.82) is 0 Å². The molecule has 0 bridgehead atoms. The van der Waals surface area contributed by atoms with Crippen molar-refractivity contribution in [3.8, 4) is 5.75 Å². The van der Waals surface area contributed by atoms with Crippen LogP contribution in [-0.4, -0.2) is 73.1 Å². The van der Waals surface area contributed by atoms with E-state index in [2.05, 4.69) is 0 Å². The number of amides is 3. The van der Waals surface area contributed by atoms with Gasteiger partial charge in [-0.15, -0.1) is 0 Å². The Morgan fingerprint density at radius 3 is 2.30 bits per heavy atom. The number of hydrogen-bond donors (Lipinski definition) is 0. The van der Waals surface area contributed by atoms with Gasteiger partial charge in [-0.05, 0) is 39.0 Å². The molecule has 0 spiro atoms. The van der Waals surface area contributed by atoms with Crippen LogP contribution in [0.5, 0.6) is 5.75 Å². The van der Waals surface area contributed by atoms with Crippen molar-refractivity contribution in [1.82, 2.24) is 9.80 Å². The largest absolute Gasteiger partial charge is 0.495 e. The highest BCUT2D eigenvalue weighted by Crippen LogP contribution is 2.32. The second kappa shape index (κ2) is 8.71. The summed E-state index contributed by atoms with van der Waals surface area (Å²) in [5, 5.41) is 0.413. The Balaban J connectivity index is 1.58. The minimum atomic E-state index is -0.554. The Morgan fingerprint density at radius 2 is 1.73 bits per heavy atom. The molecule has 0 aromatic heterocycles. The SMILES string of the molecule is COc1ccc(N2C[C@@H](C(=O)N3CCN(C(=O)OC(C)(C)C)CC3)CC2=O)cc1Cl. The average Bonchev–Trinajstić information content (AvgIpc) is 3.08. The molecule has 2 aliphatic heterocycles. The van der Waals surface area contributed by atoms with Gasteiger partial charge in [-0.3, -0.25) is 9.59 Å². The molecule has 8 nitrogen and oxygen atoms in total. The monoisotopic (exact) mass is 437 g/mol. The van der Waals surface area contributed by atoms with E-state index in [1.807, 2.05) is 20.8 Å². The summed E-state index contributed by atoms with van der Waals surface area (Å²) in [6, 6.07) is 5.13. The van der Waals surface area contributed by atoms with Crippen LogP contribution in [0.3, 0.4) is 0 Å². The summed E-state index contributed by atoms with van der Waals surface area (Å²) in [5.74, 6) is -0.0507. The Bertz CT molecular complexity index is 830. The molecule has 1 aromatic carbocycles. The lowest BCUT2D eigenvalue weighted by Gasteiger charge is -2.36. The number of benzene rings is 1. The number of nitrogens with zero attached hydrogens (tertiary/aromatic N) is 3. The van der Waals surface area contributed by atoms with Crippen molar-refractivity contribution in [2.75, 3.05) is 44.7 Å². The number of halogens is 1. The molecule has 2 fully saturated rings. The van der Waals surface area contributed by atoms with Crippen molar-refractivity contribution < 1.29 is 23.9 Å². The molecule has 9 heteroatoms. The Kier molecular flexibility index (Phi) is 6.45. The zero-order valence-electron chi connectivity index (χ0n) is 17.8. The van der Waals surface area contributed by atoms with Gasteiger partial charge in [0.1, 0.15) is 11.4 Å². The van der Waals surface area contributed by atoms with Crippen LogP contribution in [0.15, 0.2) is 18.2 Å². The van der Waals surface area contributed by atoms with Crippen molar-refractivity contribution in [3.05, 3.63) is 23.2 Å². The molecule has 0 radical (unpaired) electrons. The summed E-state index contributed by atoms with van der Waals surface area (Å²) < 4.78 is 10.5. The molecule has 3 amide bonds. The first-order valence-electron chi connectivity index (χ1n) is 9.99. The fourth-order valence-electron chi connectivity index (χ4n) is 3.64. The van der Waals surface area contributed by atoms with Crippen LogP contribution in [0.2, 0.25) is 5.02 Å². The minimum absolute atomic E-state index is 0.0608. The highest BCUT2D eigenvalue weighted by Gasteiger charge is 2.38. The molecule has 2 saturated heterocycles. The first-order chi connectivity index (χ1) is 14.1. The maximum absolute atomic E-state index is 13.0. The summed E-state index contributed by atoms with van der Waals surface area (Å²) in [5.41, 5.74) is 0.0954. The third kappa shape index (κ3) is 4.98. The first-order valence-corrected chi connectivity index (χ1v) is 10.4. The third-order valence-electron chi connectivity index (χ3n) is 5.16. The van der Waals surface area contributed by atoms with Crippen LogP contribution in [0.1, 0.15) is 27.2 Å². The maximum Gasteiger partial charge on any atom is 0.410 e. The number of hydrogen-bond acceptors (Lipinski definition) is 5. The normalized spacial score (nSPS) is 19.8. The van der Waals surface area contributed by atoms with Gasteiger partial charge in [0.25, 0.3) is 0 Å². The molecule has 0 unspecified atom stereocenters. The molecule has 1 atom stereocenters. The molecule has 3 rings (SSSR count). The highest BCUT2D eigenvalue weighted by molar-refractivity contribution is 6.32. The lowest BCUT2D eigenvalue weighted by atomic mass is 10.1. The zero-order valence-corrected chi connectivity index (χ0v) is 18.6. The number of anilines is 1. The van der Waals surface area contributed by atoms with Crippen molar-refractivity contribution in [3.63, 3.8) is 0 Å². The van der Waals surface area contributed by atoms with Crippen LogP contribution in [-0.2, 0) is 14.3 Å². The van der Waals surface area contributed by atoms with E-state index < -0.39 is 11.5 Å². The highest BCUT2D eigenvalue weighted by atomic mass is 35.5. The molecular weight excluding hydrogens is 410 g/mol. The summed E-state index contributed by atoms with van der Waals surface area (Å²) in [6.07, 6.45) is -0.206. The predicted molar refractivity (Wildman–Crippen MR) is 113 cm³/mol. The molecule has 164 valence electrons. The van der Waals surface area contributed by atoms with E-state index in [1.54, 1.807) is 32.9 Å². The van der Waals surface area contributed by atoms with Gasteiger partial charge in [-0.1, -0.05) is 11.6 Å². The smallest absolute Gasteiger partial charge is 0.410 e. The number of carbonyl (C=O) groups is 3. The summed E-state index contributed by atoms with van der Waals surface area (Å²) in [7, 11) is 1.53. The molecule has 0 N–H and O–H groups in total. The Labute approximate surface area is 181 Å². The van der Waals surface area contributed by atoms with Gasteiger partial charge in [0.2, 0.25) is 11.8 Å². The van der Waals surface area contributed by atoms with E-state index in [1.165, 1.54) is 7.11 Å². The lowest BCUT2D eigenvalue weighted by molar-refractivity contribution is -0.137. The quantitative estimate of drug-likeness (QED) is 0.726. The number of carbonyl (C=O) groups excluding carboxylic acids is 3. The van der Waals surface area contributed by atoms with E-state index in [9.17, 15) is 14.4 Å². The summed E-state index contributed by atoms with van der Waals surface area (Å²) in [6.45, 7) is 7.47. The molecule has 0 saturated carbocycles. The van der Waals surface area contributed by atoms with Gasteiger partial charge in [0.15, 0.2) is 0 Å². The topological polar surface area (TPSA) is 79.4 Å². The lowest BCUT2D eigenvalue weighted by Crippen LogP contribution is -2.53. The number of ether oxygens (including phenoxy) is 2. The number of methoxy groups -OCH3 is 1. The number of rotatable bonds is 3. The van der Waals surface area contributed by atoms with Crippen LogP contribution in [0.25, 0.3) is 0 Å². The van der Waals surface area contributed by atoms with Crippen LogP contribution >= 0.6 is 11.6 Å².